The summed E-state index contributed by atoms with van der Waals surface area (Å²) in [5, 5.41) is 2.82. The highest BCUT2D eigenvalue weighted by atomic mass is 79.9. The number of benzene rings is 2. The van der Waals surface area contributed by atoms with Gasteiger partial charge in [-0.2, -0.15) is 0 Å². The molecular weight excluding hydrogens is 398 g/mol. The van der Waals surface area contributed by atoms with Gasteiger partial charge in [-0.15, -0.1) is 0 Å². The maximum absolute atomic E-state index is 11.8. The van der Waals surface area contributed by atoms with Gasteiger partial charge in [-0.1, -0.05) is 22.0 Å². The number of ketones is 1. The van der Waals surface area contributed by atoms with Crippen molar-refractivity contribution in [1.82, 2.24) is 5.32 Å². The van der Waals surface area contributed by atoms with E-state index in [4.69, 9.17) is 9.47 Å². The molecule has 2 aromatic carbocycles. The molecule has 0 aromatic heterocycles. The van der Waals surface area contributed by atoms with Crippen LogP contribution in [0.5, 0.6) is 11.5 Å². The summed E-state index contributed by atoms with van der Waals surface area (Å²) in [6.07, 6.45) is 1.01. The molecule has 0 aliphatic rings. The van der Waals surface area contributed by atoms with E-state index >= 15 is 0 Å². The van der Waals surface area contributed by atoms with Crippen LogP contribution in [0, 0.1) is 0 Å². The van der Waals surface area contributed by atoms with E-state index in [9.17, 15) is 9.59 Å². The molecule has 2 rings (SSSR count). The lowest BCUT2D eigenvalue weighted by Crippen LogP contribution is -2.28. The fourth-order valence-corrected chi connectivity index (χ4v) is 2.59. The standard InChI is InChI=1S/C20H22BrNO4/c1-15(23)16-7-9-18(10-8-16)25-12-3-6-20(24)22-11-13-26-19-5-2-4-17(21)14-19/h2,4-5,7-10,14H,3,6,11-13H2,1H3,(H,22,24). The van der Waals surface area contributed by atoms with Gasteiger partial charge in [0.25, 0.3) is 0 Å². The maximum Gasteiger partial charge on any atom is 0.220 e. The fourth-order valence-electron chi connectivity index (χ4n) is 2.21. The van der Waals surface area contributed by atoms with Gasteiger partial charge in [-0.3, -0.25) is 9.59 Å². The molecule has 5 nitrogen and oxygen atoms in total. The molecule has 138 valence electrons. The molecule has 0 spiro atoms. The minimum absolute atomic E-state index is 0.0251. The van der Waals surface area contributed by atoms with Crippen molar-refractivity contribution in [2.24, 2.45) is 0 Å². The van der Waals surface area contributed by atoms with Crippen LogP contribution in [0.4, 0.5) is 0 Å². The van der Waals surface area contributed by atoms with E-state index in [1.165, 1.54) is 6.92 Å². The van der Waals surface area contributed by atoms with Crippen LogP contribution in [0.1, 0.15) is 30.1 Å². The van der Waals surface area contributed by atoms with Crippen LogP contribution in [0.15, 0.2) is 53.0 Å². The fraction of sp³-hybridized carbons (Fsp3) is 0.300. The lowest BCUT2D eigenvalue weighted by molar-refractivity contribution is -0.121. The number of ether oxygens (including phenoxy) is 2. The Morgan fingerprint density at radius 1 is 1.00 bits per heavy atom. The normalized spacial score (nSPS) is 10.2. The maximum atomic E-state index is 11.8. The molecule has 0 saturated carbocycles. The van der Waals surface area contributed by atoms with Crippen molar-refractivity contribution in [1.29, 1.82) is 0 Å². The van der Waals surface area contributed by atoms with Gasteiger partial charge in [-0.05, 0) is 55.8 Å². The van der Waals surface area contributed by atoms with E-state index in [1.54, 1.807) is 24.3 Å². The molecule has 0 aliphatic carbocycles. The molecule has 6 heteroatoms. The summed E-state index contributed by atoms with van der Waals surface area (Å²) in [5.41, 5.74) is 0.654. The SMILES string of the molecule is CC(=O)c1ccc(OCCCC(=O)NCCOc2cccc(Br)c2)cc1. The molecule has 26 heavy (non-hydrogen) atoms. The summed E-state index contributed by atoms with van der Waals surface area (Å²) in [7, 11) is 0. The molecule has 0 unspecified atom stereocenters. The number of carbonyl (C=O) groups is 2. The Kier molecular flexibility index (Phi) is 8.15. The Bertz CT molecular complexity index is 731. The molecule has 0 aliphatic heterocycles. The first kappa shape index (κ1) is 20.0. The quantitative estimate of drug-likeness (QED) is 0.466. The monoisotopic (exact) mass is 419 g/mol. The van der Waals surface area contributed by atoms with Crippen molar-refractivity contribution in [3.8, 4) is 11.5 Å². The predicted octanol–water partition coefficient (Wildman–Crippen LogP) is 4.01. The molecule has 0 fully saturated rings. The Hall–Kier alpha value is -2.34. The molecule has 2 aromatic rings. The van der Waals surface area contributed by atoms with Crippen molar-refractivity contribution in [3.63, 3.8) is 0 Å². The smallest absolute Gasteiger partial charge is 0.220 e. The average Bonchev–Trinajstić information content (AvgIpc) is 2.63. The van der Waals surface area contributed by atoms with E-state index in [1.807, 2.05) is 24.3 Å². The number of carbonyl (C=O) groups excluding carboxylic acids is 2. The zero-order valence-corrected chi connectivity index (χ0v) is 16.3. The number of halogens is 1. The van der Waals surface area contributed by atoms with Gasteiger partial charge < -0.3 is 14.8 Å². The van der Waals surface area contributed by atoms with Crippen LogP contribution in [0.3, 0.4) is 0 Å². The van der Waals surface area contributed by atoms with Crippen LogP contribution in [0.25, 0.3) is 0 Å². The minimum atomic E-state index is -0.0293. The van der Waals surface area contributed by atoms with E-state index in [-0.39, 0.29) is 11.7 Å². The summed E-state index contributed by atoms with van der Waals surface area (Å²) in [6.45, 7) is 2.85. The van der Waals surface area contributed by atoms with Gasteiger partial charge in [0.15, 0.2) is 5.78 Å². The lowest BCUT2D eigenvalue weighted by atomic mass is 10.1. The van der Waals surface area contributed by atoms with Gasteiger partial charge in [0.2, 0.25) is 5.91 Å². The zero-order valence-electron chi connectivity index (χ0n) is 14.7. The van der Waals surface area contributed by atoms with Crippen molar-refractivity contribution in [3.05, 3.63) is 58.6 Å². The van der Waals surface area contributed by atoms with Gasteiger partial charge in [-0.25, -0.2) is 0 Å². The third-order valence-corrected chi connectivity index (χ3v) is 4.06. The number of rotatable bonds is 10. The summed E-state index contributed by atoms with van der Waals surface area (Å²) in [5.74, 6) is 1.45. The topological polar surface area (TPSA) is 64.6 Å². The van der Waals surface area contributed by atoms with E-state index < -0.39 is 0 Å². The van der Waals surface area contributed by atoms with E-state index in [0.717, 1.165) is 10.2 Å². The molecule has 0 saturated heterocycles. The number of hydrogen-bond donors (Lipinski definition) is 1. The minimum Gasteiger partial charge on any atom is -0.494 e. The third kappa shape index (κ3) is 7.27. The number of hydrogen-bond acceptors (Lipinski definition) is 4. The Balaban J connectivity index is 1.55. The third-order valence-electron chi connectivity index (χ3n) is 3.57. The van der Waals surface area contributed by atoms with Crippen molar-refractivity contribution < 1.29 is 19.1 Å². The van der Waals surface area contributed by atoms with Crippen molar-refractivity contribution in [2.45, 2.75) is 19.8 Å². The molecular formula is C20H22BrNO4. The second-order valence-corrected chi connectivity index (χ2v) is 6.60. The first-order valence-corrected chi connectivity index (χ1v) is 9.23. The van der Waals surface area contributed by atoms with E-state index in [0.29, 0.717) is 43.9 Å². The van der Waals surface area contributed by atoms with Crippen molar-refractivity contribution in [2.75, 3.05) is 19.8 Å². The average molecular weight is 420 g/mol. The molecule has 0 heterocycles. The van der Waals surface area contributed by atoms with Gasteiger partial charge >= 0.3 is 0 Å². The first-order chi connectivity index (χ1) is 12.5. The van der Waals surface area contributed by atoms with Crippen LogP contribution in [-0.2, 0) is 4.79 Å². The molecule has 0 radical (unpaired) electrons. The van der Waals surface area contributed by atoms with Crippen LogP contribution >= 0.6 is 15.9 Å². The second kappa shape index (κ2) is 10.6. The highest BCUT2D eigenvalue weighted by Gasteiger charge is 2.03. The Morgan fingerprint density at radius 3 is 2.42 bits per heavy atom. The number of Topliss-reactive ketones (excluding diaryl/α,β-unsaturated/α-hetero) is 1. The Labute approximate surface area is 161 Å². The lowest BCUT2D eigenvalue weighted by Gasteiger charge is -2.09. The molecule has 1 N–H and O–H groups in total. The second-order valence-electron chi connectivity index (χ2n) is 5.69. The van der Waals surface area contributed by atoms with Gasteiger partial charge in [0, 0.05) is 16.5 Å². The van der Waals surface area contributed by atoms with E-state index in [2.05, 4.69) is 21.2 Å². The van der Waals surface area contributed by atoms with Gasteiger partial charge in [0.1, 0.15) is 18.1 Å². The molecule has 0 atom stereocenters. The predicted molar refractivity (Wildman–Crippen MR) is 104 cm³/mol. The summed E-state index contributed by atoms with van der Waals surface area (Å²) in [4.78, 5) is 23.0. The molecule has 0 bridgehead atoms. The van der Waals surface area contributed by atoms with Crippen LogP contribution in [0.2, 0.25) is 0 Å². The van der Waals surface area contributed by atoms with Crippen molar-refractivity contribution >= 4 is 27.6 Å². The van der Waals surface area contributed by atoms with Crippen LogP contribution < -0.4 is 14.8 Å². The Morgan fingerprint density at radius 2 is 1.73 bits per heavy atom. The highest BCUT2D eigenvalue weighted by Crippen LogP contribution is 2.17. The molecule has 1 amide bonds. The zero-order chi connectivity index (χ0) is 18.8. The summed E-state index contributed by atoms with van der Waals surface area (Å²) in [6, 6.07) is 14.5. The number of nitrogens with one attached hydrogen (secondary N) is 1. The van der Waals surface area contributed by atoms with Gasteiger partial charge in [0.05, 0.1) is 13.2 Å². The summed E-state index contributed by atoms with van der Waals surface area (Å²) < 4.78 is 12.1. The van der Waals surface area contributed by atoms with Crippen LogP contribution in [-0.4, -0.2) is 31.4 Å². The largest absolute Gasteiger partial charge is 0.494 e. The summed E-state index contributed by atoms with van der Waals surface area (Å²) >= 11 is 3.38. The first-order valence-electron chi connectivity index (χ1n) is 8.43. The number of amides is 1. The highest BCUT2D eigenvalue weighted by molar-refractivity contribution is 9.10.